The predicted molar refractivity (Wildman–Crippen MR) is 62.8 cm³/mol. The van der Waals surface area contributed by atoms with Crippen molar-refractivity contribution < 1.29 is 0 Å². The molecule has 0 spiro atoms. The largest absolute Gasteiger partial charge is 0.360 e. The van der Waals surface area contributed by atoms with E-state index in [2.05, 4.69) is 49.1 Å². The summed E-state index contributed by atoms with van der Waals surface area (Å²) in [6, 6.07) is 10.6. The Hall–Kier alpha value is -0.890. The van der Waals surface area contributed by atoms with Gasteiger partial charge in [-0.05, 0) is 19.4 Å². The first kappa shape index (κ1) is 9.66. The molecule has 1 aliphatic heterocycles. The van der Waals surface area contributed by atoms with Crippen LogP contribution in [0.1, 0.15) is 19.4 Å². The van der Waals surface area contributed by atoms with Gasteiger partial charge in [-0.1, -0.05) is 30.3 Å². The molecule has 0 saturated heterocycles. The SMILES string of the molecule is CC1=C(C)N(Cc2ccccc2)CS1. The number of nitrogens with zero attached hydrogens (tertiary/aromatic N) is 1. The summed E-state index contributed by atoms with van der Waals surface area (Å²) >= 11 is 1.94. The van der Waals surface area contributed by atoms with Gasteiger partial charge in [-0.15, -0.1) is 11.8 Å². The van der Waals surface area contributed by atoms with E-state index in [4.69, 9.17) is 0 Å². The predicted octanol–water partition coefficient (Wildman–Crippen LogP) is 3.44. The van der Waals surface area contributed by atoms with Crippen LogP contribution in [0.15, 0.2) is 40.9 Å². The molecular formula is C12H15NS. The van der Waals surface area contributed by atoms with Crippen molar-refractivity contribution in [2.24, 2.45) is 0 Å². The Kier molecular flexibility index (Phi) is 2.82. The molecule has 0 saturated carbocycles. The van der Waals surface area contributed by atoms with Gasteiger partial charge in [-0.3, -0.25) is 0 Å². The van der Waals surface area contributed by atoms with E-state index >= 15 is 0 Å². The zero-order valence-electron chi connectivity index (χ0n) is 8.66. The average molecular weight is 205 g/mol. The first-order valence-electron chi connectivity index (χ1n) is 4.86. The summed E-state index contributed by atoms with van der Waals surface area (Å²) in [7, 11) is 0. The highest BCUT2D eigenvalue weighted by Gasteiger charge is 2.15. The maximum atomic E-state index is 2.43. The first-order chi connectivity index (χ1) is 6.77. The summed E-state index contributed by atoms with van der Waals surface area (Å²) in [5.41, 5.74) is 2.82. The van der Waals surface area contributed by atoms with Crippen molar-refractivity contribution in [1.82, 2.24) is 4.90 Å². The lowest BCUT2D eigenvalue weighted by Gasteiger charge is -2.19. The van der Waals surface area contributed by atoms with Crippen LogP contribution in [0.25, 0.3) is 0 Å². The molecule has 2 heteroatoms. The van der Waals surface area contributed by atoms with Crippen LogP contribution in [-0.2, 0) is 6.54 Å². The highest BCUT2D eigenvalue weighted by Crippen LogP contribution is 2.31. The summed E-state index contributed by atoms with van der Waals surface area (Å²) in [5, 5.41) is 0. The Morgan fingerprint density at radius 1 is 1.21 bits per heavy atom. The minimum absolute atomic E-state index is 1.04. The van der Waals surface area contributed by atoms with E-state index in [1.165, 1.54) is 16.2 Å². The molecule has 0 atom stereocenters. The highest BCUT2D eigenvalue weighted by molar-refractivity contribution is 8.03. The molecule has 14 heavy (non-hydrogen) atoms. The number of thioether (sulfide) groups is 1. The fraction of sp³-hybridized carbons (Fsp3) is 0.333. The van der Waals surface area contributed by atoms with E-state index in [0.29, 0.717) is 0 Å². The van der Waals surface area contributed by atoms with Crippen molar-refractivity contribution in [1.29, 1.82) is 0 Å². The van der Waals surface area contributed by atoms with Gasteiger partial charge in [0.2, 0.25) is 0 Å². The Balaban J connectivity index is 2.07. The number of hydrogen-bond donors (Lipinski definition) is 0. The third kappa shape index (κ3) is 1.95. The van der Waals surface area contributed by atoms with Crippen LogP contribution in [0.4, 0.5) is 0 Å². The van der Waals surface area contributed by atoms with E-state index in [9.17, 15) is 0 Å². The Labute approximate surface area is 89.8 Å². The molecule has 2 rings (SSSR count). The topological polar surface area (TPSA) is 3.24 Å². The number of hydrogen-bond acceptors (Lipinski definition) is 2. The smallest absolute Gasteiger partial charge is 0.0684 e. The van der Waals surface area contributed by atoms with E-state index in [-0.39, 0.29) is 0 Å². The van der Waals surface area contributed by atoms with Gasteiger partial charge in [0.25, 0.3) is 0 Å². The molecule has 0 aliphatic carbocycles. The van der Waals surface area contributed by atoms with E-state index in [1.54, 1.807) is 0 Å². The van der Waals surface area contributed by atoms with Gasteiger partial charge in [-0.2, -0.15) is 0 Å². The minimum Gasteiger partial charge on any atom is -0.360 e. The van der Waals surface area contributed by atoms with Crippen molar-refractivity contribution in [2.75, 3.05) is 5.88 Å². The van der Waals surface area contributed by atoms with Gasteiger partial charge < -0.3 is 4.90 Å². The standard InChI is InChI=1S/C12H15NS/c1-10-11(2)14-9-13(10)8-12-6-4-3-5-7-12/h3-7H,8-9H2,1-2H3. The molecule has 1 aromatic carbocycles. The third-order valence-corrected chi connectivity index (χ3v) is 3.81. The molecule has 0 fully saturated rings. The van der Waals surface area contributed by atoms with Gasteiger partial charge in [0.15, 0.2) is 0 Å². The molecule has 0 unspecified atom stereocenters. The maximum absolute atomic E-state index is 2.43. The van der Waals surface area contributed by atoms with E-state index in [0.717, 1.165) is 12.4 Å². The van der Waals surface area contributed by atoms with Crippen LogP contribution in [0, 0.1) is 0 Å². The molecule has 0 amide bonds. The second-order valence-corrected chi connectivity index (χ2v) is 4.76. The second kappa shape index (κ2) is 4.09. The van der Waals surface area contributed by atoms with Crippen LogP contribution >= 0.6 is 11.8 Å². The Morgan fingerprint density at radius 3 is 2.50 bits per heavy atom. The Bertz CT molecular complexity index is 343. The molecule has 0 bridgehead atoms. The molecule has 0 radical (unpaired) electrons. The minimum atomic E-state index is 1.04. The van der Waals surface area contributed by atoms with E-state index < -0.39 is 0 Å². The van der Waals surface area contributed by atoms with Gasteiger partial charge in [-0.25, -0.2) is 0 Å². The van der Waals surface area contributed by atoms with Gasteiger partial charge in [0.1, 0.15) is 0 Å². The molecule has 74 valence electrons. The van der Waals surface area contributed by atoms with Crippen LogP contribution in [0.3, 0.4) is 0 Å². The van der Waals surface area contributed by atoms with Gasteiger partial charge >= 0.3 is 0 Å². The second-order valence-electron chi connectivity index (χ2n) is 3.60. The summed E-state index contributed by atoms with van der Waals surface area (Å²) in [6.45, 7) is 5.44. The molecule has 1 aromatic rings. The van der Waals surface area contributed by atoms with Gasteiger partial charge in [0, 0.05) is 17.1 Å². The average Bonchev–Trinajstić information content (AvgIpc) is 2.52. The summed E-state index contributed by atoms with van der Waals surface area (Å²) in [4.78, 5) is 3.89. The Morgan fingerprint density at radius 2 is 1.93 bits per heavy atom. The van der Waals surface area contributed by atoms with Crippen molar-refractivity contribution in [3.05, 3.63) is 46.5 Å². The van der Waals surface area contributed by atoms with Crippen molar-refractivity contribution >= 4 is 11.8 Å². The molecule has 0 aromatic heterocycles. The maximum Gasteiger partial charge on any atom is 0.0684 e. The number of allylic oxidation sites excluding steroid dienone is 2. The van der Waals surface area contributed by atoms with Crippen molar-refractivity contribution in [3.63, 3.8) is 0 Å². The van der Waals surface area contributed by atoms with Crippen LogP contribution < -0.4 is 0 Å². The summed E-state index contributed by atoms with van der Waals surface area (Å²) in [6.07, 6.45) is 0. The van der Waals surface area contributed by atoms with Crippen LogP contribution in [-0.4, -0.2) is 10.8 Å². The number of rotatable bonds is 2. The summed E-state index contributed by atoms with van der Waals surface area (Å²) < 4.78 is 0. The monoisotopic (exact) mass is 205 g/mol. The lowest BCUT2D eigenvalue weighted by molar-refractivity contribution is 0.403. The van der Waals surface area contributed by atoms with Crippen LogP contribution in [0.2, 0.25) is 0 Å². The fourth-order valence-electron chi connectivity index (χ4n) is 1.57. The first-order valence-corrected chi connectivity index (χ1v) is 5.85. The lowest BCUT2D eigenvalue weighted by Crippen LogP contribution is -2.16. The molecule has 0 N–H and O–H groups in total. The van der Waals surface area contributed by atoms with Crippen molar-refractivity contribution in [2.45, 2.75) is 20.4 Å². The zero-order valence-corrected chi connectivity index (χ0v) is 9.47. The lowest BCUT2D eigenvalue weighted by atomic mass is 10.2. The fourth-order valence-corrected chi connectivity index (χ4v) is 2.54. The van der Waals surface area contributed by atoms with E-state index in [1.807, 2.05) is 11.8 Å². The zero-order chi connectivity index (χ0) is 9.97. The molecule has 1 heterocycles. The number of benzene rings is 1. The van der Waals surface area contributed by atoms with Crippen molar-refractivity contribution in [3.8, 4) is 0 Å². The summed E-state index contributed by atoms with van der Waals surface area (Å²) in [5.74, 6) is 1.10. The molecular weight excluding hydrogens is 190 g/mol. The van der Waals surface area contributed by atoms with Crippen LogP contribution in [0.5, 0.6) is 0 Å². The normalized spacial score (nSPS) is 16.6. The third-order valence-electron chi connectivity index (χ3n) is 2.64. The quantitative estimate of drug-likeness (QED) is 0.727. The highest BCUT2D eigenvalue weighted by atomic mass is 32.2. The van der Waals surface area contributed by atoms with Gasteiger partial charge in [0.05, 0.1) is 5.88 Å². The molecule has 1 nitrogen and oxygen atoms in total. The molecule has 1 aliphatic rings.